The average Bonchev–Trinajstić information content (AvgIpc) is 2.74. The fraction of sp³-hybridized carbons (Fsp3) is 0.900. The van der Waals surface area contributed by atoms with Crippen molar-refractivity contribution in [2.75, 3.05) is 12.8 Å². The van der Waals surface area contributed by atoms with Crippen LogP contribution in [0.25, 0.3) is 0 Å². The third kappa shape index (κ3) is 3.28. The second-order valence-electron chi connectivity index (χ2n) is 4.22. The minimum atomic E-state index is -0.0559. The Morgan fingerprint density at radius 2 is 2.20 bits per heavy atom. The Hall–Kier alpha value is -0.420. The lowest BCUT2D eigenvalue weighted by Gasteiger charge is -2.28. The molecule has 1 atom stereocenters. The smallest absolute Gasteiger partial charge is 0.156 e. The largest absolute Gasteiger partial charge is 0.409 e. The summed E-state index contributed by atoms with van der Waals surface area (Å²) in [6.07, 6.45) is 7.34. The van der Waals surface area contributed by atoms with Crippen LogP contribution in [0.15, 0.2) is 5.16 Å². The van der Waals surface area contributed by atoms with E-state index in [1.54, 1.807) is 0 Å². The van der Waals surface area contributed by atoms with Crippen molar-refractivity contribution in [3.8, 4) is 0 Å². The minimum Gasteiger partial charge on any atom is -0.409 e. The quantitative estimate of drug-likeness (QED) is 0.289. The molecule has 4 N–H and O–H groups in total. The molecule has 1 rings (SSSR count). The number of nitrogens with one attached hydrogen (secondary N) is 1. The van der Waals surface area contributed by atoms with Gasteiger partial charge in [-0.3, -0.25) is 0 Å². The van der Waals surface area contributed by atoms with E-state index in [-0.39, 0.29) is 11.9 Å². The molecule has 1 fully saturated rings. The molecule has 1 aliphatic carbocycles. The fourth-order valence-corrected chi connectivity index (χ4v) is 2.93. The normalized spacial score (nSPS) is 22.9. The van der Waals surface area contributed by atoms with Crippen molar-refractivity contribution in [3.05, 3.63) is 0 Å². The van der Waals surface area contributed by atoms with Crippen LogP contribution in [0.4, 0.5) is 0 Å². The summed E-state index contributed by atoms with van der Waals surface area (Å²) in [6, 6.07) is -0.0559. The van der Waals surface area contributed by atoms with Crippen LogP contribution in [0.1, 0.15) is 32.6 Å². The van der Waals surface area contributed by atoms with E-state index in [4.69, 9.17) is 10.9 Å². The Kier molecular flexibility index (Phi) is 4.73. The van der Waals surface area contributed by atoms with Gasteiger partial charge in [-0.2, -0.15) is 11.8 Å². The van der Waals surface area contributed by atoms with Crippen molar-refractivity contribution in [3.63, 3.8) is 0 Å². The summed E-state index contributed by atoms with van der Waals surface area (Å²) in [5.74, 6) is 0.254. The van der Waals surface area contributed by atoms with E-state index in [9.17, 15) is 0 Å². The Labute approximate surface area is 95.7 Å². The summed E-state index contributed by atoms with van der Waals surface area (Å²) >= 11 is 1.94. The van der Waals surface area contributed by atoms with Crippen molar-refractivity contribution in [2.45, 2.75) is 43.4 Å². The molecule has 0 bridgehead atoms. The van der Waals surface area contributed by atoms with Gasteiger partial charge >= 0.3 is 0 Å². The number of nitrogens with zero attached hydrogens (tertiary/aromatic N) is 1. The Morgan fingerprint density at radius 1 is 1.60 bits per heavy atom. The average molecular weight is 231 g/mol. The molecule has 0 radical (unpaired) electrons. The first kappa shape index (κ1) is 12.6. The van der Waals surface area contributed by atoms with Crippen LogP contribution in [-0.4, -0.2) is 34.6 Å². The van der Waals surface area contributed by atoms with Gasteiger partial charge in [0, 0.05) is 11.3 Å². The van der Waals surface area contributed by atoms with Gasteiger partial charge in [-0.05, 0) is 26.0 Å². The zero-order valence-electron chi connectivity index (χ0n) is 9.49. The van der Waals surface area contributed by atoms with Crippen LogP contribution in [0, 0.1) is 0 Å². The molecular weight excluding hydrogens is 210 g/mol. The van der Waals surface area contributed by atoms with Crippen LogP contribution in [0.5, 0.6) is 0 Å². The van der Waals surface area contributed by atoms with Gasteiger partial charge in [0.2, 0.25) is 0 Å². The molecular formula is C10H21N3OS. The maximum absolute atomic E-state index is 8.54. The summed E-state index contributed by atoms with van der Waals surface area (Å²) in [5, 5.41) is 14.9. The first-order valence-corrected chi connectivity index (χ1v) is 6.62. The van der Waals surface area contributed by atoms with E-state index in [0.29, 0.717) is 4.75 Å². The number of hydrogen-bond acceptors (Lipinski definition) is 4. The van der Waals surface area contributed by atoms with Gasteiger partial charge in [0.1, 0.15) is 0 Å². The molecule has 4 nitrogen and oxygen atoms in total. The van der Waals surface area contributed by atoms with E-state index in [1.165, 1.54) is 25.7 Å². The van der Waals surface area contributed by atoms with Crippen molar-refractivity contribution in [1.29, 1.82) is 0 Å². The summed E-state index contributed by atoms with van der Waals surface area (Å²) in [5.41, 5.74) is 5.52. The highest BCUT2D eigenvalue weighted by molar-refractivity contribution is 8.00. The van der Waals surface area contributed by atoms with E-state index in [2.05, 4.69) is 16.7 Å². The Bertz CT molecular complexity index is 227. The summed E-state index contributed by atoms with van der Waals surface area (Å²) in [7, 11) is 0. The summed E-state index contributed by atoms with van der Waals surface area (Å²) in [4.78, 5) is 0. The van der Waals surface area contributed by atoms with Crippen molar-refractivity contribution < 1.29 is 5.21 Å². The van der Waals surface area contributed by atoms with Crippen molar-refractivity contribution >= 4 is 17.6 Å². The van der Waals surface area contributed by atoms with E-state index in [0.717, 1.165) is 6.54 Å². The first-order chi connectivity index (χ1) is 7.13. The predicted octanol–water partition coefficient (Wildman–Crippen LogP) is 1.39. The number of nitrogens with two attached hydrogens (primary N) is 1. The van der Waals surface area contributed by atoms with Crippen LogP contribution < -0.4 is 11.1 Å². The molecule has 0 heterocycles. The molecule has 0 aromatic rings. The van der Waals surface area contributed by atoms with Gasteiger partial charge in [-0.25, -0.2) is 0 Å². The zero-order valence-corrected chi connectivity index (χ0v) is 10.3. The third-order valence-electron chi connectivity index (χ3n) is 3.24. The SMILES string of the molecule is CSC1(CNC(C)C(N)=NO)CCCC1. The number of amidine groups is 1. The van der Waals surface area contributed by atoms with Gasteiger partial charge in [-0.1, -0.05) is 18.0 Å². The molecule has 88 valence electrons. The maximum Gasteiger partial charge on any atom is 0.156 e. The highest BCUT2D eigenvalue weighted by Gasteiger charge is 2.33. The van der Waals surface area contributed by atoms with Crippen LogP contribution in [0.2, 0.25) is 0 Å². The lowest BCUT2D eigenvalue weighted by Crippen LogP contribution is -2.45. The topological polar surface area (TPSA) is 70.6 Å². The third-order valence-corrected chi connectivity index (χ3v) is 4.66. The maximum atomic E-state index is 8.54. The van der Waals surface area contributed by atoms with Crippen LogP contribution >= 0.6 is 11.8 Å². The van der Waals surface area contributed by atoms with Crippen LogP contribution in [0.3, 0.4) is 0 Å². The first-order valence-electron chi connectivity index (χ1n) is 5.39. The molecule has 0 spiro atoms. The summed E-state index contributed by atoms with van der Waals surface area (Å²) in [6.45, 7) is 2.85. The molecule has 5 heteroatoms. The fourth-order valence-electron chi connectivity index (χ4n) is 2.00. The Balaban J connectivity index is 2.41. The van der Waals surface area contributed by atoms with Gasteiger partial charge < -0.3 is 16.3 Å². The standard InChI is InChI=1S/C10H21N3OS/c1-8(9(11)13-14)12-7-10(15-2)5-3-4-6-10/h8,12,14H,3-7H2,1-2H3,(H2,11,13). The van der Waals surface area contributed by atoms with Crippen molar-refractivity contribution in [2.24, 2.45) is 10.9 Å². The number of oxime groups is 1. The molecule has 1 unspecified atom stereocenters. The van der Waals surface area contributed by atoms with Crippen LogP contribution in [-0.2, 0) is 0 Å². The van der Waals surface area contributed by atoms with Gasteiger partial charge in [-0.15, -0.1) is 0 Å². The molecule has 0 aliphatic heterocycles. The number of rotatable bonds is 5. The minimum absolute atomic E-state index is 0.0559. The molecule has 0 amide bonds. The molecule has 15 heavy (non-hydrogen) atoms. The monoisotopic (exact) mass is 231 g/mol. The van der Waals surface area contributed by atoms with Gasteiger partial charge in [0.15, 0.2) is 5.84 Å². The zero-order chi connectivity index (χ0) is 11.3. The number of thioether (sulfide) groups is 1. The lowest BCUT2D eigenvalue weighted by molar-refractivity contribution is 0.314. The molecule has 1 aliphatic rings. The number of hydrogen-bond donors (Lipinski definition) is 3. The predicted molar refractivity (Wildman–Crippen MR) is 65.6 cm³/mol. The molecule has 1 saturated carbocycles. The van der Waals surface area contributed by atoms with E-state index >= 15 is 0 Å². The van der Waals surface area contributed by atoms with Gasteiger partial charge in [0.05, 0.1) is 6.04 Å². The Morgan fingerprint density at radius 3 is 2.67 bits per heavy atom. The summed E-state index contributed by atoms with van der Waals surface area (Å²) < 4.78 is 0.365. The lowest BCUT2D eigenvalue weighted by atomic mass is 10.1. The van der Waals surface area contributed by atoms with Crippen molar-refractivity contribution in [1.82, 2.24) is 5.32 Å². The molecule has 0 saturated heterocycles. The highest BCUT2D eigenvalue weighted by atomic mass is 32.2. The second kappa shape index (κ2) is 5.61. The molecule has 0 aromatic carbocycles. The van der Waals surface area contributed by atoms with E-state index < -0.39 is 0 Å². The van der Waals surface area contributed by atoms with E-state index in [1.807, 2.05) is 18.7 Å². The van der Waals surface area contributed by atoms with Gasteiger partial charge in [0.25, 0.3) is 0 Å². The second-order valence-corrected chi connectivity index (χ2v) is 5.50. The highest BCUT2D eigenvalue weighted by Crippen LogP contribution is 2.39. The molecule has 0 aromatic heterocycles.